The maximum atomic E-state index is 12.1. The van der Waals surface area contributed by atoms with E-state index < -0.39 is 0 Å². The van der Waals surface area contributed by atoms with Gasteiger partial charge in [-0.1, -0.05) is 6.07 Å². The molecule has 1 aromatic carbocycles. The Morgan fingerprint density at radius 1 is 1.50 bits per heavy atom. The maximum absolute atomic E-state index is 12.1. The topological polar surface area (TPSA) is 77.3 Å². The molecule has 2 heterocycles. The number of amides is 1. The summed E-state index contributed by atoms with van der Waals surface area (Å²) < 4.78 is 8.34. The van der Waals surface area contributed by atoms with Crippen LogP contribution in [0.25, 0.3) is 0 Å². The first-order chi connectivity index (χ1) is 9.72. The van der Waals surface area contributed by atoms with Crippen molar-refractivity contribution in [3.63, 3.8) is 0 Å². The van der Waals surface area contributed by atoms with Gasteiger partial charge in [0.25, 0.3) is 0 Å². The van der Waals surface area contributed by atoms with E-state index in [9.17, 15) is 9.90 Å². The Labute approximate surface area is 120 Å². The molecule has 106 valence electrons. The monoisotopic (exact) mass is 292 g/mol. The van der Waals surface area contributed by atoms with Gasteiger partial charge in [-0.25, -0.2) is 0 Å². The van der Waals surface area contributed by atoms with E-state index in [0.717, 1.165) is 42.1 Å². The zero-order chi connectivity index (χ0) is 13.9. The third kappa shape index (κ3) is 2.95. The van der Waals surface area contributed by atoms with E-state index in [2.05, 4.69) is 14.0 Å². The number of rotatable bonds is 3. The van der Waals surface area contributed by atoms with Gasteiger partial charge in [-0.3, -0.25) is 9.69 Å². The summed E-state index contributed by atoms with van der Waals surface area (Å²) >= 11 is 1.14. The molecule has 2 aliphatic heterocycles. The first kappa shape index (κ1) is 13.4. The Kier molecular flexibility index (Phi) is 3.90. The third-order valence-corrected chi connectivity index (χ3v) is 3.95. The lowest BCUT2D eigenvalue weighted by atomic mass is 10.1. The largest absolute Gasteiger partial charge is 0.392 e. The number of anilines is 1. The standard InChI is InChI=1S/C13H16N4O2S/c18-9-3-2-6-17(7-9)8-12(19)14-10-4-1-5-11-13(10)16-20-15-11/h1,4-5,9,18H,2-3,6-8H2,(H,14,19)/t9-/m0/s1. The average Bonchev–Trinajstić information content (AvgIpc) is 2.88. The fourth-order valence-electron chi connectivity index (χ4n) is 2.47. The highest BCUT2D eigenvalue weighted by Gasteiger charge is 2.20. The molecule has 6 nitrogen and oxygen atoms in total. The number of nitrogens with one attached hydrogen (secondary N) is 1. The number of hydrogen-bond donors (Lipinski definition) is 2. The predicted molar refractivity (Wildman–Crippen MR) is 78.3 cm³/mol. The van der Waals surface area contributed by atoms with Crippen molar-refractivity contribution >= 4 is 34.3 Å². The minimum Gasteiger partial charge on any atom is -0.392 e. The molecule has 0 spiro atoms. The second-order valence-electron chi connectivity index (χ2n) is 5.02. The molecule has 0 bridgehead atoms. The van der Waals surface area contributed by atoms with Crippen LogP contribution in [0.4, 0.5) is 17.1 Å². The highest BCUT2D eigenvalue weighted by Crippen LogP contribution is 2.38. The maximum Gasteiger partial charge on any atom is 0.238 e. The SMILES string of the molecule is O=C(CN1CCC[C@H](O)C1)Nc1cccc2c1N=S=N2. The minimum absolute atomic E-state index is 0.0837. The number of benzene rings is 1. The van der Waals surface area contributed by atoms with Crippen LogP contribution in [-0.2, 0) is 16.1 Å². The lowest BCUT2D eigenvalue weighted by Crippen LogP contribution is -2.42. The number of hydrogen-bond acceptors (Lipinski definition) is 5. The van der Waals surface area contributed by atoms with Crippen LogP contribution in [0.1, 0.15) is 12.8 Å². The molecule has 7 heteroatoms. The first-order valence-electron chi connectivity index (χ1n) is 6.64. The number of β-amino-alcohol motifs (C(OH)–C–C–N with tert-alkyl or cyclic N) is 1. The van der Waals surface area contributed by atoms with Crippen LogP contribution in [0.2, 0.25) is 0 Å². The molecule has 3 rings (SSSR count). The Hall–Kier alpha value is -1.57. The van der Waals surface area contributed by atoms with Gasteiger partial charge in [-0.15, -0.1) is 0 Å². The highest BCUT2D eigenvalue weighted by molar-refractivity contribution is 7.58. The second kappa shape index (κ2) is 5.82. The number of aliphatic hydroxyl groups excluding tert-OH is 1. The molecule has 1 fully saturated rings. The quantitative estimate of drug-likeness (QED) is 0.905. The van der Waals surface area contributed by atoms with Gasteiger partial charge in [0.2, 0.25) is 5.91 Å². The molecule has 0 radical (unpaired) electrons. The van der Waals surface area contributed by atoms with E-state index in [4.69, 9.17) is 0 Å². The molecule has 1 aromatic rings. The fraction of sp³-hybridized carbons (Fsp3) is 0.462. The van der Waals surface area contributed by atoms with E-state index >= 15 is 0 Å². The Balaban J connectivity index is 1.62. The summed E-state index contributed by atoms with van der Waals surface area (Å²) in [4.78, 5) is 14.0. The number of aliphatic hydroxyl groups is 1. The number of nitrogens with zero attached hydrogens (tertiary/aromatic N) is 3. The van der Waals surface area contributed by atoms with E-state index in [-0.39, 0.29) is 12.0 Å². The van der Waals surface area contributed by atoms with Gasteiger partial charge in [-0.05, 0) is 31.5 Å². The van der Waals surface area contributed by atoms with Crippen molar-refractivity contribution < 1.29 is 9.90 Å². The fourth-order valence-corrected chi connectivity index (χ4v) is 3.02. The molecule has 2 N–H and O–H groups in total. The van der Waals surface area contributed by atoms with Crippen molar-refractivity contribution in [1.29, 1.82) is 0 Å². The lowest BCUT2D eigenvalue weighted by Gasteiger charge is -2.29. The molecule has 0 unspecified atom stereocenters. The zero-order valence-electron chi connectivity index (χ0n) is 11.0. The van der Waals surface area contributed by atoms with E-state index in [1.54, 1.807) is 0 Å². The van der Waals surface area contributed by atoms with E-state index in [1.807, 2.05) is 23.1 Å². The number of piperidine rings is 1. The third-order valence-electron chi connectivity index (χ3n) is 3.41. The number of fused-ring (bicyclic) bond motifs is 1. The van der Waals surface area contributed by atoms with Gasteiger partial charge in [0.1, 0.15) is 11.4 Å². The summed E-state index contributed by atoms with van der Waals surface area (Å²) in [6, 6.07) is 5.55. The van der Waals surface area contributed by atoms with Gasteiger partial charge < -0.3 is 10.4 Å². The van der Waals surface area contributed by atoms with Crippen LogP contribution >= 0.6 is 0 Å². The zero-order valence-corrected chi connectivity index (χ0v) is 11.8. The molecule has 0 aliphatic carbocycles. The smallest absolute Gasteiger partial charge is 0.238 e. The summed E-state index contributed by atoms with van der Waals surface area (Å²) in [5.74, 6) is -0.0837. The molecule has 20 heavy (non-hydrogen) atoms. The van der Waals surface area contributed by atoms with Crippen LogP contribution < -0.4 is 5.32 Å². The van der Waals surface area contributed by atoms with Crippen LogP contribution in [0, 0.1) is 0 Å². The van der Waals surface area contributed by atoms with Gasteiger partial charge in [0.15, 0.2) is 0 Å². The molecule has 2 aliphatic rings. The average molecular weight is 292 g/mol. The van der Waals surface area contributed by atoms with Gasteiger partial charge >= 0.3 is 0 Å². The summed E-state index contributed by atoms with van der Waals surface area (Å²) in [5, 5.41) is 12.5. The van der Waals surface area contributed by atoms with Crippen molar-refractivity contribution in [1.82, 2.24) is 4.90 Å². The van der Waals surface area contributed by atoms with Crippen LogP contribution in [-0.4, -0.2) is 41.7 Å². The number of carbonyl (C=O) groups is 1. The second-order valence-corrected chi connectivity index (χ2v) is 5.55. The molecular formula is C13H16N4O2S. The summed E-state index contributed by atoms with van der Waals surface area (Å²) in [5.41, 5.74) is 2.21. The summed E-state index contributed by atoms with van der Waals surface area (Å²) in [6.45, 7) is 1.72. The molecule has 1 saturated heterocycles. The minimum atomic E-state index is -0.317. The molecule has 1 amide bonds. The number of carbonyl (C=O) groups excluding carboxylic acids is 1. The van der Waals surface area contributed by atoms with Crippen LogP contribution in [0.15, 0.2) is 26.9 Å². The van der Waals surface area contributed by atoms with Gasteiger partial charge in [0.05, 0.1) is 29.7 Å². The van der Waals surface area contributed by atoms with Crippen molar-refractivity contribution in [3.05, 3.63) is 18.2 Å². The Morgan fingerprint density at radius 2 is 2.40 bits per heavy atom. The first-order valence-corrected chi connectivity index (χ1v) is 7.37. The molecule has 0 saturated carbocycles. The van der Waals surface area contributed by atoms with E-state index in [0.29, 0.717) is 18.8 Å². The molecular weight excluding hydrogens is 276 g/mol. The molecule has 1 atom stereocenters. The summed E-state index contributed by atoms with van der Waals surface area (Å²) in [6.07, 6.45) is 1.44. The summed E-state index contributed by atoms with van der Waals surface area (Å²) in [7, 11) is 0. The van der Waals surface area contributed by atoms with Gasteiger partial charge in [-0.2, -0.15) is 8.73 Å². The van der Waals surface area contributed by atoms with Crippen molar-refractivity contribution in [2.45, 2.75) is 18.9 Å². The Bertz CT molecular complexity index is 598. The molecule has 0 aromatic heterocycles. The van der Waals surface area contributed by atoms with Crippen molar-refractivity contribution in [2.24, 2.45) is 8.73 Å². The lowest BCUT2D eigenvalue weighted by molar-refractivity contribution is -0.118. The van der Waals surface area contributed by atoms with Crippen LogP contribution in [0.3, 0.4) is 0 Å². The normalized spacial score (nSPS) is 21.4. The van der Waals surface area contributed by atoms with Crippen molar-refractivity contribution in [3.8, 4) is 0 Å². The predicted octanol–water partition coefficient (Wildman–Crippen LogP) is 1.81. The van der Waals surface area contributed by atoms with E-state index in [1.165, 1.54) is 0 Å². The number of likely N-dealkylation sites (tertiary alicyclic amines) is 1. The Morgan fingerprint density at radius 3 is 3.25 bits per heavy atom. The van der Waals surface area contributed by atoms with Crippen molar-refractivity contribution in [2.75, 3.05) is 25.0 Å². The van der Waals surface area contributed by atoms with Crippen LogP contribution in [0.5, 0.6) is 0 Å². The highest BCUT2D eigenvalue weighted by atomic mass is 32.1. The van der Waals surface area contributed by atoms with Gasteiger partial charge in [0, 0.05) is 6.54 Å².